The molecular formula is C12H11N2O2-. The van der Waals surface area contributed by atoms with Gasteiger partial charge in [-0.05, 0) is 18.1 Å². The van der Waals surface area contributed by atoms with Crippen molar-refractivity contribution in [2.75, 3.05) is 0 Å². The van der Waals surface area contributed by atoms with Gasteiger partial charge < -0.3 is 14.5 Å². The Bertz CT molecular complexity index is 500. The molecule has 0 saturated carbocycles. The zero-order valence-electron chi connectivity index (χ0n) is 8.88. The summed E-state index contributed by atoms with van der Waals surface area (Å²) in [5, 5.41) is 10.6. The molecular weight excluding hydrogens is 204 g/mol. The van der Waals surface area contributed by atoms with Crippen LogP contribution < -0.4 is 5.11 Å². The minimum Gasteiger partial charge on any atom is -0.545 e. The molecule has 0 saturated heterocycles. The number of carbonyl (C=O) groups is 1. The van der Waals surface area contributed by atoms with Gasteiger partial charge in [0.15, 0.2) is 0 Å². The van der Waals surface area contributed by atoms with E-state index in [0.717, 1.165) is 11.4 Å². The molecule has 82 valence electrons. The number of imidazole rings is 1. The summed E-state index contributed by atoms with van der Waals surface area (Å²) in [7, 11) is 0. The van der Waals surface area contributed by atoms with E-state index in [9.17, 15) is 9.90 Å². The Labute approximate surface area is 93.2 Å². The molecule has 0 aliphatic heterocycles. The first-order valence-corrected chi connectivity index (χ1v) is 4.95. The van der Waals surface area contributed by atoms with E-state index < -0.39 is 5.97 Å². The Kier molecular flexibility index (Phi) is 2.72. The van der Waals surface area contributed by atoms with E-state index in [1.165, 1.54) is 0 Å². The molecule has 0 fully saturated rings. The average Bonchev–Trinajstić information content (AvgIpc) is 2.65. The molecule has 0 atom stereocenters. The second kappa shape index (κ2) is 4.18. The maximum Gasteiger partial charge on any atom is 0.105 e. The molecule has 0 bridgehead atoms. The number of aromatic nitrogens is 2. The van der Waals surface area contributed by atoms with Gasteiger partial charge in [0.2, 0.25) is 0 Å². The Hall–Kier alpha value is -2.10. The Balaban J connectivity index is 2.17. The molecule has 2 rings (SSSR count). The largest absolute Gasteiger partial charge is 0.545 e. The van der Waals surface area contributed by atoms with Crippen LogP contribution in [0.25, 0.3) is 0 Å². The van der Waals surface area contributed by atoms with Crippen molar-refractivity contribution >= 4 is 5.97 Å². The molecule has 0 spiro atoms. The van der Waals surface area contributed by atoms with Gasteiger partial charge in [-0.1, -0.05) is 24.3 Å². The maximum atomic E-state index is 10.6. The van der Waals surface area contributed by atoms with Crippen molar-refractivity contribution in [3.8, 4) is 0 Å². The molecule has 1 aromatic heterocycles. The summed E-state index contributed by atoms with van der Waals surface area (Å²) >= 11 is 0. The molecule has 0 radical (unpaired) electrons. The first kappa shape index (κ1) is 10.4. The van der Waals surface area contributed by atoms with Gasteiger partial charge in [0.25, 0.3) is 0 Å². The molecule has 16 heavy (non-hydrogen) atoms. The molecule has 0 unspecified atom stereocenters. The van der Waals surface area contributed by atoms with Gasteiger partial charge in [-0.2, -0.15) is 0 Å². The van der Waals surface area contributed by atoms with E-state index in [-0.39, 0.29) is 5.56 Å². The summed E-state index contributed by atoms with van der Waals surface area (Å²) in [5.74, 6) is -0.214. The Morgan fingerprint density at radius 3 is 2.56 bits per heavy atom. The SMILES string of the molecule is Cc1nccn1Cc1ccc(C(=O)[O-])cc1. The topological polar surface area (TPSA) is 58.0 Å². The minimum atomic E-state index is -1.15. The fourth-order valence-electron chi connectivity index (χ4n) is 1.51. The number of aryl methyl sites for hydroxylation is 1. The fraction of sp³-hybridized carbons (Fsp3) is 0.167. The summed E-state index contributed by atoms with van der Waals surface area (Å²) in [6.07, 6.45) is 3.63. The fourth-order valence-corrected chi connectivity index (χ4v) is 1.51. The summed E-state index contributed by atoms with van der Waals surface area (Å²) in [4.78, 5) is 14.7. The lowest BCUT2D eigenvalue weighted by Gasteiger charge is -2.07. The van der Waals surface area contributed by atoms with Gasteiger partial charge in [-0.25, -0.2) is 4.98 Å². The third kappa shape index (κ3) is 2.11. The molecule has 1 aromatic carbocycles. The van der Waals surface area contributed by atoms with Gasteiger partial charge in [-0.3, -0.25) is 0 Å². The number of carboxylic acid groups (broad SMARTS) is 1. The Morgan fingerprint density at radius 2 is 2.06 bits per heavy atom. The van der Waals surface area contributed by atoms with Crippen molar-refractivity contribution in [1.82, 2.24) is 9.55 Å². The van der Waals surface area contributed by atoms with Crippen LogP contribution in [0, 0.1) is 6.92 Å². The third-order valence-corrected chi connectivity index (χ3v) is 2.47. The van der Waals surface area contributed by atoms with Gasteiger partial charge in [-0.15, -0.1) is 0 Å². The maximum absolute atomic E-state index is 10.6. The number of hydrogen-bond donors (Lipinski definition) is 0. The number of benzene rings is 1. The van der Waals surface area contributed by atoms with Crippen molar-refractivity contribution in [3.63, 3.8) is 0 Å². The van der Waals surface area contributed by atoms with Crippen LogP contribution in [0.4, 0.5) is 0 Å². The van der Waals surface area contributed by atoms with Crippen molar-refractivity contribution in [3.05, 3.63) is 53.6 Å². The van der Waals surface area contributed by atoms with Crippen LogP contribution in [0.3, 0.4) is 0 Å². The van der Waals surface area contributed by atoms with E-state index in [1.54, 1.807) is 30.5 Å². The minimum absolute atomic E-state index is 0.200. The molecule has 0 N–H and O–H groups in total. The zero-order valence-corrected chi connectivity index (χ0v) is 8.88. The average molecular weight is 215 g/mol. The van der Waals surface area contributed by atoms with E-state index in [0.29, 0.717) is 6.54 Å². The molecule has 4 heteroatoms. The summed E-state index contributed by atoms with van der Waals surface area (Å²) in [6.45, 7) is 2.62. The van der Waals surface area contributed by atoms with Gasteiger partial charge in [0.05, 0.1) is 5.97 Å². The number of aromatic carboxylic acids is 1. The standard InChI is InChI=1S/C12H12N2O2/c1-9-13-6-7-14(9)8-10-2-4-11(5-3-10)12(15)16/h2-7H,8H2,1H3,(H,15,16)/p-1. The number of carboxylic acids is 1. The molecule has 0 amide bonds. The number of nitrogens with zero attached hydrogens (tertiary/aromatic N) is 2. The van der Waals surface area contributed by atoms with Gasteiger partial charge in [0.1, 0.15) is 5.82 Å². The quantitative estimate of drug-likeness (QED) is 0.753. The van der Waals surface area contributed by atoms with Gasteiger partial charge >= 0.3 is 0 Å². The smallest absolute Gasteiger partial charge is 0.105 e. The lowest BCUT2D eigenvalue weighted by atomic mass is 10.1. The van der Waals surface area contributed by atoms with Crippen LogP contribution in [0.5, 0.6) is 0 Å². The van der Waals surface area contributed by atoms with Crippen LogP contribution >= 0.6 is 0 Å². The van der Waals surface area contributed by atoms with Gasteiger partial charge in [0, 0.05) is 18.9 Å². The molecule has 2 aromatic rings. The Morgan fingerprint density at radius 1 is 1.38 bits per heavy atom. The predicted octanol–water partition coefficient (Wildman–Crippen LogP) is 0.603. The highest BCUT2D eigenvalue weighted by Gasteiger charge is 1.99. The summed E-state index contributed by atoms with van der Waals surface area (Å²) in [5.41, 5.74) is 1.23. The van der Waals surface area contributed by atoms with E-state index >= 15 is 0 Å². The molecule has 0 aliphatic carbocycles. The van der Waals surface area contributed by atoms with E-state index in [4.69, 9.17) is 0 Å². The van der Waals surface area contributed by atoms with Crippen LogP contribution in [0.1, 0.15) is 21.7 Å². The highest BCUT2D eigenvalue weighted by molar-refractivity contribution is 5.85. The number of rotatable bonds is 3. The monoisotopic (exact) mass is 215 g/mol. The lowest BCUT2D eigenvalue weighted by Crippen LogP contribution is -2.22. The first-order chi connectivity index (χ1) is 7.66. The first-order valence-electron chi connectivity index (χ1n) is 4.95. The molecule has 0 aliphatic rings. The zero-order chi connectivity index (χ0) is 11.5. The van der Waals surface area contributed by atoms with Crippen LogP contribution in [0.15, 0.2) is 36.7 Å². The second-order valence-electron chi connectivity index (χ2n) is 3.59. The summed E-state index contributed by atoms with van der Waals surface area (Å²) in [6, 6.07) is 6.67. The predicted molar refractivity (Wildman–Crippen MR) is 56.8 cm³/mol. The number of hydrogen-bond acceptors (Lipinski definition) is 3. The van der Waals surface area contributed by atoms with Crippen molar-refractivity contribution in [2.24, 2.45) is 0 Å². The van der Waals surface area contributed by atoms with Crippen molar-refractivity contribution in [2.45, 2.75) is 13.5 Å². The highest BCUT2D eigenvalue weighted by Crippen LogP contribution is 2.07. The van der Waals surface area contributed by atoms with Crippen molar-refractivity contribution in [1.29, 1.82) is 0 Å². The summed E-state index contributed by atoms with van der Waals surface area (Å²) < 4.78 is 1.99. The van der Waals surface area contributed by atoms with E-state index in [2.05, 4.69) is 4.98 Å². The van der Waals surface area contributed by atoms with E-state index in [1.807, 2.05) is 17.7 Å². The highest BCUT2D eigenvalue weighted by atomic mass is 16.4. The molecule has 1 heterocycles. The molecule has 4 nitrogen and oxygen atoms in total. The lowest BCUT2D eigenvalue weighted by molar-refractivity contribution is -0.255. The van der Waals surface area contributed by atoms with Crippen LogP contribution in [-0.4, -0.2) is 15.5 Å². The van der Waals surface area contributed by atoms with Crippen LogP contribution in [0.2, 0.25) is 0 Å². The second-order valence-corrected chi connectivity index (χ2v) is 3.59. The third-order valence-electron chi connectivity index (χ3n) is 2.47. The van der Waals surface area contributed by atoms with Crippen molar-refractivity contribution < 1.29 is 9.90 Å². The van der Waals surface area contributed by atoms with Crippen LogP contribution in [-0.2, 0) is 6.54 Å². The number of carbonyl (C=O) groups excluding carboxylic acids is 1. The normalized spacial score (nSPS) is 10.3.